The van der Waals surface area contributed by atoms with Crippen molar-refractivity contribution in [3.63, 3.8) is 0 Å². The van der Waals surface area contributed by atoms with Gasteiger partial charge in [-0.1, -0.05) is 28.1 Å². The summed E-state index contributed by atoms with van der Waals surface area (Å²) in [5.41, 5.74) is 0.903. The number of hydrogen-bond donors (Lipinski definition) is 0. The van der Waals surface area contributed by atoms with Crippen LogP contribution >= 0.6 is 15.9 Å². The van der Waals surface area contributed by atoms with Gasteiger partial charge in [-0.15, -0.1) is 0 Å². The zero-order chi connectivity index (χ0) is 16.3. The zero-order valence-corrected chi connectivity index (χ0v) is 15.0. The van der Waals surface area contributed by atoms with Crippen LogP contribution in [0.3, 0.4) is 0 Å². The summed E-state index contributed by atoms with van der Waals surface area (Å²) in [6.07, 6.45) is 3.69. The minimum absolute atomic E-state index is 0.0294. The highest BCUT2D eigenvalue weighted by Crippen LogP contribution is 2.19. The zero-order valence-electron chi connectivity index (χ0n) is 12.6. The van der Waals surface area contributed by atoms with E-state index in [1.807, 2.05) is 24.3 Å². The molecule has 0 radical (unpaired) electrons. The van der Waals surface area contributed by atoms with Crippen LogP contribution in [-0.4, -0.2) is 56.0 Å². The van der Waals surface area contributed by atoms with E-state index in [9.17, 15) is 13.2 Å². The average Bonchev–Trinajstić information content (AvgIpc) is 2.76. The molecule has 0 aromatic heterocycles. The molecule has 1 aliphatic heterocycles. The summed E-state index contributed by atoms with van der Waals surface area (Å²) in [7, 11) is 0.461. The highest BCUT2D eigenvalue weighted by molar-refractivity contribution is 9.10. The fraction of sp³-hybridized carbons (Fsp3) is 0.400. The maximum absolute atomic E-state index is 12.4. The van der Waals surface area contributed by atoms with Gasteiger partial charge in [-0.3, -0.25) is 9.80 Å². The van der Waals surface area contributed by atoms with Gasteiger partial charge in [0.1, 0.15) is 0 Å². The number of carbonyl (C=O) groups excluding carboxylic acids is 1. The molecule has 22 heavy (non-hydrogen) atoms. The van der Waals surface area contributed by atoms with Gasteiger partial charge in [0.15, 0.2) is 9.84 Å². The molecule has 1 aliphatic rings. The predicted molar refractivity (Wildman–Crippen MR) is 90.8 cm³/mol. The number of hydrogen-bond acceptors (Lipinski definition) is 4. The van der Waals surface area contributed by atoms with Crippen LogP contribution in [0.15, 0.2) is 34.8 Å². The van der Waals surface area contributed by atoms with Crippen LogP contribution < -0.4 is 0 Å². The lowest BCUT2D eigenvalue weighted by atomic mass is 10.2. The van der Waals surface area contributed by atoms with Crippen molar-refractivity contribution in [1.82, 2.24) is 10.0 Å². The van der Waals surface area contributed by atoms with Crippen molar-refractivity contribution >= 4 is 37.8 Å². The Morgan fingerprint density at radius 1 is 1.36 bits per heavy atom. The second kappa shape index (κ2) is 6.93. The van der Waals surface area contributed by atoms with Crippen molar-refractivity contribution in [2.45, 2.75) is 12.5 Å². The smallest absolute Gasteiger partial charge is 0.261 e. The molecular formula is C15H19BrN2O3S. The SMILES string of the molecule is CN(C)N(C(=O)C=Cc1cccc(Br)c1)C1CCS(=O)(=O)C1. The van der Waals surface area contributed by atoms with E-state index in [1.54, 1.807) is 25.2 Å². The van der Waals surface area contributed by atoms with E-state index in [-0.39, 0.29) is 23.5 Å². The van der Waals surface area contributed by atoms with Gasteiger partial charge in [0.25, 0.3) is 5.91 Å². The van der Waals surface area contributed by atoms with Gasteiger partial charge in [0.2, 0.25) is 0 Å². The van der Waals surface area contributed by atoms with E-state index in [2.05, 4.69) is 15.9 Å². The second-order valence-corrected chi connectivity index (χ2v) is 8.62. The second-order valence-electron chi connectivity index (χ2n) is 5.48. The number of sulfone groups is 1. The summed E-state index contributed by atoms with van der Waals surface area (Å²) in [6.45, 7) is 0. The molecule has 1 aromatic carbocycles. The molecule has 120 valence electrons. The number of amides is 1. The Labute approximate surface area is 139 Å². The third-order valence-corrected chi connectivity index (χ3v) is 5.72. The summed E-state index contributed by atoms with van der Waals surface area (Å²) in [5, 5.41) is 3.16. The number of carbonyl (C=O) groups is 1. The van der Waals surface area contributed by atoms with Crippen LogP contribution in [0.5, 0.6) is 0 Å². The Bertz CT molecular complexity index is 686. The summed E-state index contributed by atoms with van der Waals surface area (Å²) < 4.78 is 24.2. The maximum atomic E-state index is 12.4. The highest BCUT2D eigenvalue weighted by atomic mass is 79.9. The van der Waals surface area contributed by atoms with Crippen LogP contribution in [0.25, 0.3) is 6.08 Å². The summed E-state index contributed by atoms with van der Waals surface area (Å²) >= 11 is 3.38. The van der Waals surface area contributed by atoms with Crippen molar-refractivity contribution in [1.29, 1.82) is 0 Å². The molecule has 7 heteroatoms. The first-order valence-electron chi connectivity index (χ1n) is 6.93. The van der Waals surface area contributed by atoms with Crippen molar-refractivity contribution in [2.24, 2.45) is 0 Å². The maximum Gasteiger partial charge on any atom is 0.261 e. The first-order valence-corrected chi connectivity index (χ1v) is 9.54. The normalized spacial score (nSPS) is 20.6. The molecular weight excluding hydrogens is 368 g/mol. The standard InChI is InChI=1S/C15H19BrN2O3S/c1-17(2)18(14-8-9-22(20,21)11-14)15(19)7-6-12-4-3-5-13(16)10-12/h3-7,10,14H,8-9,11H2,1-2H3. The molecule has 1 saturated heterocycles. The van der Waals surface area contributed by atoms with E-state index in [1.165, 1.54) is 11.1 Å². The topological polar surface area (TPSA) is 57.7 Å². The van der Waals surface area contributed by atoms with Crippen LogP contribution in [0.1, 0.15) is 12.0 Å². The summed E-state index contributed by atoms with van der Waals surface area (Å²) in [6, 6.07) is 7.31. The third-order valence-electron chi connectivity index (χ3n) is 3.48. The van der Waals surface area contributed by atoms with Crippen molar-refractivity contribution < 1.29 is 13.2 Å². The van der Waals surface area contributed by atoms with Crippen molar-refractivity contribution in [2.75, 3.05) is 25.6 Å². The van der Waals surface area contributed by atoms with Crippen molar-refractivity contribution in [3.8, 4) is 0 Å². The van der Waals surface area contributed by atoms with Gasteiger partial charge in [-0.05, 0) is 30.2 Å². The molecule has 1 aromatic rings. The average molecular weight is 387 g/mol. The van der Waals surface area contributed by atoms with Crippen LogP contribution in [0.2, 0.25) is 0 Å². The molecule has 0 bridgehead atoms. The van der Waals surface area contributed by atoms with Gasteiger partial charge in [-0.2, -0.15) is 0 Å². The molecule has 1 amide bonds. The molecule has 0 aliphatic carbocycles. The fourth-order valence-corrected chi connectivity index (χ4v) is 4.63. The Kier molecular flexibility index (Phi) is 5.41. The number of benzene rings is 1. The lowest BCUT2D eigenvalue weighted by molar-refractivity contribution is -0.143. The lowest BCUT2D eigenvalue weighted by Crippen LogP contribution is -2.48. The number of halogens is 1. The van der Waals surface area contributed by atoms with Gasteiger partial charge < -0.3 is 0 Å². The van der Waals surface area contributed by atoms with E-state index in [0.29, 0.717) is 6.42 Å². The minimum atomic E-state index is -3.03. The van der Waals surface area contributed by atoms with Gasteiger partial charge >= 0.3 is 0 Å². The minimum Gasteiger partial charge on any atom is -0.268 e. The van der Waals surface area contributed by atoms with Crippen molar-refractivity contribution in [3.05, 3.63) is 40.4 Å². The highest BCUT2D eigenvalue weighted by Gasteiger charge is 2.35. The predicted octanol–water partition coefficient (Wildman–Crippen LogP) is 1.95. The Balaban J connectivity index is 2.14. The molecule has 1 atom stereocenters. The molecule has 2 rings (SSSR count). The molecule has 0 spiro atoms. The quantitative estimate of drug-likeness (QED) is 0.586. The first-order chi connectivity index (χ1) is 10.3. The van der Waals surface area contributed by atoms with Crippen LogP contribution in [0, 0.1) is 0 Å². The summed E-state index contributed by atoms with van der Waals surface area (Å²) in [4.78, 5) is 12.4. The number of hydrazine groups is 1. The first kappa shape index (κ1) is 17.2. The van der Waals surface area contributed by atoms with Crippen LogP contribution in [-0.2, 0) is 14.6 Å². The monoisotopic (exact) mass is 386 g/mol. The Morgan fingerprint density at radius 2 is 2.09 bits per heavy atom. The molecule has 0 saturated carbocycles. The number of nitrogens with zero attached hydrogens (tertiary/aromatic N) is 2. The third kappa shape index (κ3) is 4.41. The number of rotatable bonds is 4. The Hall–Kier alpha value is -1.18. The van der Waals surface area contributed by atoms with E-state index in [0.717, 1.165) is 10.0 Å². The van der Waals surface area contributed by atoms with Gasteiger partial charge in [0.05, 0.1) is 17.5 Å². The lowest BCUT2D eigenvalue weighted by Gasteiger charge is -2.32. The molecule has 1 fully saturated rings. The molecule has 1 unspecified atom stereocenters. The fourth-order valence-electron chi connectivity index (χ4n) is 2.53. The van der Waals surface area contributed by atoms with Crippen LogP contribution in [0.4, 0.5) is 0 Å². The molecule has 5 nitrogen and oxygen atoms in total. The largest absolute Gasteiger partial charge is 0.268 e. The van der Waals surface area contributed by atoms with E-state index < -0.39 is 9.84 Å². The summed E-state index contributed by atoms with van der Waals surface area (Å²) in [5.74, 6) is -0.0428. The molecule has 1 heterocycles. The van der Waals surface area contributed by atoms with Gasteiger partial charge in [-0.25, -0.2) is 13.4 Å². The molecule has 0 N–H and O–H groups in total. The Morgan fingerprint density at radius 3 is 2.64 bits per heavy atom. The van der Waals surface area contributed by atoms with Gasteiger partial charge in [0, 0.05) is 24.6 Å². The van der Waals surface area contributed by atoms with E-state index in [4.69, 9.17) is 0 Å². The van der Waals surface area contributed by atoms with E-state index >= 15 is 0 Å².